The fraction of sp³-hybridized carbons (Fsp3) is 0.615. The van der Waals surface area contributed by atoms with E-state index in [2.05, 4.69) is 41.9 Å². The molecule has 5 nitrogen and oxygen atoms in total. The van der Waals surface area contributed by atoms with E-state index < -0.39 is 0 Å². The third-order valence-corrected chi connectivity index (χ3v) is 6.71. The molecule has 0 saturated heterocycles. The van der Waals surface area contributed by atoms with Crippen LogP contribution in [0, 0.1) is 5.92 Å². The molecule has 1 fully saturated rings. The van der Waals surface area contributed by atoms with Crippen molar-refractivity contribution in [3.05, 3.63) is 57.3 Å². The van der Waals surface area contributed by atoms with Crippen molar-refractivity contribution >= 4 is 0 Å². The number of aromatic nitrogens is 2. The molecule has 1 aliphatic heterocycles. The minimum absolute atomic E-state index is 0.0491. The molecule has 168 valence electrons. The lowest BCUT2D eigenvalue weighted by Crippen LogP contribution is -2.30. The molecule has 5 heteroatoms. The van der Waals surface area contributed by atoms with E-state index in [-0.39, 0.29) is 5.56 Å². The van der Waals surface area contributed by atoms with E-state index in [4.69, 9.17) is 4.74 Å². The molecule has 1 aliphatic carbocycles. The minimum atomic E-state index is -0.0491. The second-order valence-electron chi connectivity index (χ2n) is 9.29. The lowest BCUT2D eigenvalue weighted by Gasteiger charge is -2.19. The van der Waals surface area contributed by atoms with E-state index in [0.717, 1.165) is 50.5 Å². The number of hydrogen-bond donors (Lipinski definition) is 0. The monoisotopic (exact) mass is 423 g/mol. The van der Waals surface area contributed by atoms with Gasteiger partial charge in [-0.25, -0.2) is 4.98 Å². The fourth-order valence-corrected chi connectivity index (χ4v) is 4.86. The van der Waals surface area contributed by atoms with E-state index in [9.17, 15) is 4.79 Å². The average molecular weight is 424 g/mol. The second-order valence-corrected chi connectivity index (χ2v) is 9.29. The summed E-state index contributed by atoms with van der Waals surface area (Å²) in [4.78, 5) is 20.1. The van der Waals surface area contributed by atoms with Crippen molar-refractivity contribution in [2.75, 3.05) is 6.61 Å². The molecule has 1 aromatic heterocycles. The standard InChI is InChI=1S/C26H37N3O2/c1-4-7-19(8-5-2)18-31-24-14-27-25(29(6-3)26(24)30)17-28-15-22-12-11-21(20-9-10-20)13-23(22)16-28/h11-14,19-20H,4-10,15-18H2,1-3H3. The van der Waals surface area contributed by atoms with Gasteiger partial charge in [0.05, 0.1) is 19.3 Å². The molecule has 31 heavy (non-hydrogen) atoms. The van der Waals surface area contributed by atoms with Crippen LogP contribution in [-0.4, -0.2) is 21.1 Å². The molecular formula is C26H37N3O2. The second kappa shape index (κ2) is 9.99. The number of benzene rings is 1. The van der Waals surface area contributed by atoms with Gasteiger partial charge in [-0.1, -0.05) is 44.9 Å². The molecule has 1 aromatic carbocycles. The zero-order valence-electron chi connectivity index (χ0n) is 19.4. The lowest BCUT2D eigenvalue weighted by atomic mass is 9.99. The Hall–Kier alpha value is -2.14. The van der Waals surface area contributed by atoms with Crippen LogP contribution in [0.25, 0.3) is 0 Å². The summed E-state index contributed by atoms with van der Waals surface area (Å²) in [7, 11) is 0. The molecule has 0 amide bonds. The highest BCUT2D eigenvalue weighted by atomic mass is 16.5. The predicted molar refractivity (Wildman–Crippen MR) is 124 cm³/mol. The molecule has 0 spiro atoms. The average Bonchev–Trinajstić information content (AvgIpc) is 3.53. The molecule has 0 bridgehead atoms. The third-order valence-electron chi connectivity index (χ3n) is 6.71. The largest absolute Gasteiger partial charge is 0.486 e. The molecule has 1 saturated carbocycles. The van der Waals surface area contributed by atoms with E-state index >= 15 is 0 Å². The third kappa shape index (κ3) is 5.20. The Morgan fingerprint density at radius 1 is 1.10 bits per heavy atom. The van der Waals surface area contributed by atoms with Crippen LogP contribution < -0.4 is 10.3 Å². The molecule has 2 aliphatic rings. The lowest BCUT2D eigenvalue weighted by molar-refractivity contribution is 0.222. The zero-order valence-corrected chi connectivity index (χ0v) is 19.4. The first-order valence-corrected chi connectivity index (χ1v) is 12.2. The highest BCUT2D eigenvalue weighted by Gasteiger charge is 2.27. The molecule has 2 heterocycles. The molecule has 0 atom stereocenters. The summed E-state index contributed by atoms with van der Waals surface area (Å²) >= 11 is 0. The molecule has 0 unspecified atom stereocenters. The van der Waals surface area contributed by atoms with E-state index in [1.165, 1.54) is 29.5 Å². The summed E-state index contributed by atoms with van der Waals surface area (Å²) in [5, 5.41) is 0. The van der Waals surface area contributed by atoms with Crippen LogP contribution in [0.4, 0.5) is 0 Å². The first-order valence-electron chi connectivity index (χ1n) is 12.2. The van der Waals surface area contributed by atoms with Gasteiger partial charge in [0.15, 0.2) is 0 Å². The van der Waals surface area contributed by atoms with E-state index in [1.54, 1.807) is 10.8 Å². The first kappa shape index (κ1) is 22.1. The Kier molecular flexibility index (Phi) is 7.11. The minimum Gasteiger partial charge on any atom is -0.486 e. The summed E-state index contributed by atoms with van der Waals surface area (Å²) in [5.74, 6) is 2.51. The summed E-state index contributed by atoms with van der Waals surface area (Å²) in [6.45, 7) is 10.2. The van der Waals surface area contributed by atoms with Crippen molar-refractivity contribution in [3.8, 4) is 5.75 Å². The molecule has 0 radical (unpaired) electrons. The van der Waals surface area contributed by atoms with Gasteiger partial charge >= 0.3 is 0 Å². The number of hydrogen-bond acceptors (Lipinski definition) is 4. The quantitative estimate of drug-likeness (QED) is 0.495. The maximum atomic E-state index is 13.0. The highest BCUT2D eigenvalue weighted by Crippen LogP contribution is 2.41. The Morgan fingerprint density at radius 2 is 1.84 bits per heavy atom. The van der Waals surface area contributed by atoms with E-state index in [0.29, 0.717) is 31.4 Å². The summed E-state index contributed by atoms with van der Waals surface area (Å²) < 4.78 is 7.73. The van der Waals surface area contributed by atoms with Crippen LogP contribution in [0.3, 0.4) is 0 Å². The van der Waals surface area contributed by atoms with Gasteiger partial charge in [-0.2, -0.15) is 0 Å². The van der Waals surface area contributed by atoms with Gasteiger partial charge in [-0.3, -0.25) is 14.3 Å². The zero-order chi connectivity index (χ0) is 21.8. The number of rotatable bonds is 11. The van der Waals surface area contributed by atoms with Crippen LogP contribution in [0.5, 0.6) is 5.75 Å². The van der Waals surface area contributed by atoms with E-state index in [1.807, 2.05) is 6.92 Å². The van der Waals surface area contributed by atoms with Crippen molar-refractivity contribution < 1.29 is 4.74 Å². The van der Waals surface area contributed by atoms with Crippen molar-refractivity contribution in [3.63, 3.8) is 0 Å². The maximum absolute atomic E-state index is 13.0. The summed E-state index contributed by atoms with van der Waals surface area (Å²) in [5.41, 5.74) is 4.29. The van der Waals surface area contributed by atoms with Gasteiger partial charge in [-0.05, 0) is 61.1 Å². The SMILES string of the molecule is CCCC(CCC)COc1cnc(CN2Cc3ccc(C4CC4)cc3C2)n(CC)c1=O. The van der Waals surface area contributed by atoms with Gasteiger partial charge in [0.25, 0.3) is 5.56 Å². The number of ether oxygens (including phenoxy) is 1. The maximum Gasteiger partial charge on any atom is 0.295 e. The van der Waals surface area contributed by atoms with Gasteiger partial charge in [0.1, 0.15) is 5.82 Å². The Morgan fingerprint density at radius 3 is 2.52 bits per heavy atom. The van der Waals surface area contributed by atoms with Crippen molar-refractivity contribution in [2.45, 2.75) is 91.4 Å². The van der Waals surface area contributed by atoms with Crippen LogP contribution >= 0.6 is 0 Å². The van der Waals surface area contributed by atoms with Gasteiger partial charge in [0, 0.05) is 19.6 Å². The predicted octanol–water partition coefficient (Wildman–Crippen LogP) is 5.25. The summed E-state index contributed by atoms with van der Waals surface area (Å²) in [6, 6.07) is 6.99. The van der Waals surface area contributed by atoms with Gasteiger partial charge in [-0.15, -0.1) is 0 Å². The number of nitrogens with zero attached hydrogens (tertiary/aromatic N) is 3. The van der Waals surface area contributed by atoms with Gasteiger partial charge < -0.3 is 4.74 Å². The number of fused-ring (bicyclic) bond motifs is 1. The van der Waals surface area contributed by atoms with Gasteiger partial charge in [0.2, 0.25) is 5.75 Å². The Labute approximate surface area is 186 Å². The first-order chi connectivity index (χ1) is 15.1. The van der Waals surface area contributed by atoms with Crippen molar-refractivity contribution in [1.82, 2.24) is 14.5 Å². The van der Waals surface area contributed by atoms with Crippen LogP contribution in [0.1, 0.15) is 87.7 Å². The molecule has 2 aromatic rings. The van der Waals surface area contributed by atoms with Crippen LogP contribution in [-0.2, 0) is 26.2 Å². The van der Waals surface area contributed by atoms with Crippen LogP contribution in [0.15, 0.2) is 29.2 Å². The molecule has 0 N–H and O–H groups in total. The molecule has 4 rings (SSSR count). The smallest absolute Gasteiger partial charge is 0.295 e. The Bertz CT molecular complexity index is 942. The molecular weight excluding hydrogens is 386 g/mol. The van der Waals surface area contributed by atoms with Crippen LogP contribution in [0.2, 0.25) is 0 Å². The fourth-order valence-electron chi connectivity index (χ4n) is 4.86. The normalized spacial score (nSPS) is 16.1. The van der Waals surface area contributed by atoms with Crippen molar-refractivity contribution in [2.24, 2.45) is 5.92 Å². The topological polar surface area (TPSA) is 47.4 Å². The Balaban J connectivity index is 1.43. The van der Waals surface area contributed by atoms with Crippen molar-refractivity contribution in [1.29, 1.82) is 0 Å². The highest BCUT2D eigenvalue weighted by molar-refractivity contribution is 5.37. The summed E-state index contributed by atoms with van der Waals surface area (Å²) in [6.07, 6.45) is 8.88.